The highest BCUT2D eigenvalue weighted by Gasteiger charge is 2.42. The molecule has 0 radical (unpaired) electrons. The summed E-state index contributed by atoms with van der Waals surface area (Å²) in [5, 5.41) is 32.5. The van der Waals surface area contributed by atoms with Gasteiger partial charge in [-0.05, 0) is 91.8 Å². The second kappa shape index (κ2) is 13.3. The Morgan fingerprint density at radius 1 is 1.22 bits per heavy atom. The van der Waals surface area contributed by atoms with Crippen molar-refractivity contribution in [2.45, 2.75) is 63.8 Å². The van der Waals surface area contributed by atoms with Crippen molar-refractivity contribution in [2.75, 3.05) is 31.6 Å². The van der Waals surface area contributed by atoms with Crippen LogP contribution in [0.1, 0.15) is 55.7 Å². The van der Waals surface area contributed by atoms with Crippen molar-refractivity contribution in [1.82, 2.24) is 4.90 Å². The predicted molar refractivity (Wildman–Crippen MR) is 159 cm³/mol. The zero-order chi connectivity index (χ0) is 29.7. The van der Waals surface area contributed by atoms with Crippen molar-refractivity contribution in [1.29, 1.82) is 0 Å². The van der Waals surface area contributed by atoms with Gasteiger partial charge >= 0.3 is 5.97 Å². The number of benzene rings is 2. The molecule has 4 atom stereocenters. The highest BCUT2D eigenvalue weighted by molar-refractivity contribution is 6.30. The van der Waals surface area contributed by atoms with E-state index in [0.29, 0.717) is 36.2 Å². The minimum Gasteiger partial charge on any atom is -0.487 e. The van der Waals surface area contributed by atoms with Gasteiger partial charge in [-0.15, -0.1) is 6.58 Å². The van der Waals surface area contributed by atoms with E-state index in [4.69, 9.17) is 16.3 Å². The Hall–Kier alpha value is -3.07. The van der Waals surface area contributed by atoms with Crippen LogP contribution < -0.4 is 9.64 Å². The second-order valence-electron chi connectivity index (χ2n) is 11.4. The first kappa shape index (κ1) is 30.9. The molecular formula is C32H41ClN2O6. The van der Waals surface area contributed by atoms with Crippen molar-refractivity contribution in [3.05, 3.63) is 70.8 Å². The summed E-state index contributed by atoms with van der Waals surface area (Å²) in [6.45, 7) is 7.34. The second-order valence-corrected chi connectivity index (χ2v) is 11.9. The maximum absolute atomic E-state index is 12.8. The average Bonchev–Trinajstić information content (AvgIpc) is 2.93. The number of aliphatic hydroxyl groups is 2. The lowest BCUT2D eigenvalue weighted by atomic mass is 9.70. The number of hydrogen-bond donors (Lipinski definition) is 3. The summed E-state index contributed by atoms with van der Waals surface area (Å²) in [5.74, 6) is -0.974. The molecule has 1 saturated carbocycles. The molecule has 0 bridgehead atoms. The number of aliphatic hydroxyl groups excluding tert-OH is 1. The van der Waals surface area contributed by atoms with Crippen molar-refractivity contribution in [3.8, 4) is 5.75 Å². The van der Waals surface area contributed by atoms with Gasteiger partial charge in [-0.1, -0.05) is 29.8 Å². The van der Waals surface area contributed by atoms with Crippen LogP contribution >= 0.6 is 11.6 Å². The van der Waals surface area contributed by atoms with E-state index in [2.05, 4.69) is 11.5 Å². The third kappa shape index (κ3) is 7.05. The molecule has 1 aliphatic carbocycles. The van der Waals surface area contributed by atoms with Crippen LogP contribution in [0.3, 0.4) is 0 Å². The van der Waals surface area contributed by atoms with Gasteiger partial charge in [0.15, 0.2) is 5.60 Å². The van der Waals surface area contributed by atoms with Crippen LogP contribution in [0.4, 0.5) is 5.69 Å². The number of aryl methyl sites for hydroxylation is 1. The molecule has 8 nitrogen and oxygen atoms in total. The van der Waals surface area contributed by atoms with E-state index in [0.717, 1.165) is 43.2 Å². The number of likely N-dealkylation sites (N-methyl/N-ethyl adjacent to an activating group) is 1. The van der Waals surface area contributed by atoms with Crippen molar-refractivity contribution in [2.24, 2.45) is 11.8 Å². The summed E-state index contributed by atoms with van der Waals surface area (Å²) in [6.07, 6.45) is 5.13. The molecular weight excluding hydrogens is 544 g/mol. The fraction of sp³-hybridized carbons (Fsp3) is 0.500. The number of nitrogens with zero attached hydrogens (tertiary/aromatic N) is 2. The average molecular weight is 585 g/mol. The van der Waals surface area contributed by atoms with Crippen LogP contribution in [-0.2, 0) is 28.2 Å². The molecule has 41 heavy (non-hydrogen) atoms. The molecule has 1 amide bonds. The smallest absolute Gasteiger partial charge is 0.340 e. The number of carboxylic acid groups (broad SMARTS) is 1. The van der Waals surface area contributed by atoms with Crippen molar-refractivity contribution in [3.63, 3.8) is 0 Å². The summed E-state index contributed by atoms with van der Waals surface area (Å²) >= 11 is 6.28. The number of carbonyl (C=O) groups excluding carboxylic acids is 1. The highest BCUT2D eigenvalue weighted by Crippen LogP contribution is 2.41. The van der Waals surface area contributed by atoms with Crippen LogP contribution in [0.25, 0.3) is 0 Å². The van der Waals surface area contributed by atoms with Gasteiger partial charge < -0.3 is 29.9 Å². The number of amides is 1. The third-order valence-corrected chi connectivity index (χ3v) is 8.83. The Bertz CT molecular complexity index is 1270. The number of ether oxygens (including phenoxy) is 1. The largest absolute Gasteiger partial charge is 0.487 e. The molecule has 1 fully saturated rings. The first-order valence-electron chi connectivity index (χ1n) is 14.3. The lowest BCUT2D eigenvalue weighted by Gasteiger charge is -2.42. The lowest BCUT2D eigenvalue weighted by Crippen LogP contribution is -2.43. The molecule has 0 spiro atoms. The number of aliphatic carboxylic acids is 1. The van der Waals surface area contributed by atoms with Crippen LogP contribution in [-0.4, -0.2) is 64.9 Å². The molecule has 1 unspecified atom stereocenters. The van der Waals surface area contributed by atoms with Crippen molar-refractivity contribution >= 4 is 29.2 Å². The van der Waals surface area contributed by atoms with Gasteiger partial charge in [-0.3, -0.25) is 4.79 Å². The van der Waals surface area contributed by atoms with Crippen molar-refractivity contribution < 1.29 is 29.6 Å². The van der Waals surface area contributed by atoms with E-state index < -0.39 is 30.0 Å². The first-order valence-corrected chi connectivity index (χ1v) is 14.7. The number of carbonyl (C=O) groups is 2. The molecule has 0 aromatic heterocycles. The molecule has 1 heterocycles. The molecule has 0 saturated heterocycles. The Kier molecular flexibility index (Phi) is 10.00. The Morgan fingerprint density at radius 2 is 2.00 bits per heavy atom. The molecule has 2 aliphatic rings. The summed E-state index contributed by atoms with van der Waals surface area (Å²) in [6, 6.07) is 10.7. The number of hydrogen-bond acceptors (Lipinski definition) is 6. The van der Waals surface area contributed by atoms with E-state index in [-0.39, 0.29) is 23.9 Å². The topological polar surface area (TPSA) is 111 Å². The van der Waals surface area contributed by atoms with Gasteiger partial charge in [-0.25, -0.2) is 4.79 Å². The summed E-state index contributed by atoms with van der Waals surface area (Å²) < 4.78 is 6.35. The fourth-order valence-electron chi connectivity index (χ4n) is 5.89. The molecule has 1 aliphatic heterocycles. The Morgan fingerprint density at radius 3 is 2.66 bits per heavy atom. The molecule has 3 N–H and O–H groups in total. The highest BCUT2D eigenvalue weighted by atomic mass is 35.5. The van der Waals surface area contributed by atoms with Crippen LogP contribution in [0, 0.1) is 11.8 Å². The SMILES string of the molecule is C=CCN(C)C(=O)CC(O)(C(=O)O)c1ccc2c(c1)N(C[C@@H]1CC[C@H]1[C@H](C)O)CCCCc1cc(Cl)ccc1CO2. The molecule has 222 valence electrons. The van der Waals surface area contributed by atoms with E-state index in [1.165, 1.54) is 11.0 Å². The number of anilines is 1. The van der Waals surface area contributed by atoms with E-state index in [1.807, 2.05) is 25.1 Å². The maximum atomic E-state index is 12.8. The van der Waals surface area contributed by atoms with Crippen LogP contribution in [0.15, 0.2) is 49.1 Å². The number of carboxylic acids is 1. The zero-order valence-corrected chi connectivity index (χ0v) is 24.6. The predicted octanol–water partition coefficient (Wildman–Crippen LogP) is 4.78. The van der Waals surface area contributed by atoms with E-state index >= 15 is 0 Å². The van der Waals surface area contributed by atoms with Gasteiger partial charge in [-0.2, -0.15) is 0 Å². The van der Waals surface area contributed by atoms with Gasteiger partial charge in [0, 0.05) is 31.7 Å². The van der Waals surface area contributed by atoms with Gasteiger partial charge in [0.2, 0.25) is 5.91 Å². The quantitative estimate of drug-likeness (QED) is 0.364. The minimum absolute atomic E-state index is 0.112. The van der Waals surface area contributed by atoms with E-state index in [1.54, 1.807) is 25.3 Å². The maximum Gasteiger partial charge on any atom is 0.340 e. The lowest BCUT2D eigenvalue weighted by molar-refractivity contribution is -0.164. The fourth-order valence-corrected chi connectivity index (χ4v) is 6.08. The van der Waals surface area contributed by atoms with Gasteiger partial charge in [0.1, 0.15) is 12.4 Å². The van der Waals surface area contributed by atoms with Gasteiger partial charge in [0.25, 0.3) is 0 Å². The molecule has 9 heteroatoms. The first-order chi connectivity index (χ1) is 19.5. The normalized spacial score (nSPS) is 21.0. The minimum atomic E-state index is -2.43. The number of rotatable bonds is 9. The molecule has 2 aromatic rings. The third-order valence-electron chi connectivity index (χ3n) is 8.59. The Balaban J connectivity index is 1.74. The standard InChI is InChI=1S/C32H41ClN2O6/c1-4-14-34(3)30(37)18-32(40,31(38)39)25-10-13-29-28(17-25)35(19-23-9-12-27(23)21(2)36)15-6-5-7-22-16-26(33)11-8-24(22)20-41-29/h4,8,10-11,13,16-17,21,23,27,36,40H,1,5-7,9,12,14-15,18-20H2,2-3H3,(H,38,39)/t21-,23-,27-,32?/m0/s1. The van der Waals surface area contributed by atoms with Crippen LogP contribution in [0.2, 0.25) is 5.02 Å². The number of halogens is 1. The molecule has 2 aromatic carbocycles. The molecule has 4 rings (SSSR count). The monoisotopic (exact) mass is 584 g/mol. The summed E-state index contributed by atoms with van der Waals surface area (Å²) in [7, 11) is 1.54. The van der Waals surface area contributed by atoms with E-state index in [9.17, 15) is 24.9 Å². The summed E-state index contributed by atoms with van der Waals surface area (Å²) in [5.41, 5.74) is 0.522. The zero-order valence-electron chi connectivity index (χ0n) is 23.9. The van der Waals surface area contributed by atoms with Crippen LogP contribution in [0.5, 0.6) is 5.75 Å². The number of fused-ring (bicyclic) bond motifs is 2. The summed E-state index contributed by atoms with van der Waals surface area (Å²) in [4.78, 5) is 28.8. The Labute approximate surface area is 247 Å². The van der Waals surface area contributed by atoms with Gasteiger partial charge in [0.05, 0.1) is 18.2 Å².